The van der Waals surface area contributed by atoms with Crippen LogP contribution < -0.4 is 20.9 Å². The number of esters is 1. The molecule has 0 radical (unpaired) electrons. The van der Waals surface area contributed by atoms with Gasteiger partial charge in [-0.05, 0) is 30.8 Å². The molecule has 0 fully saturated rings. The summed E-state index contributed by atoms with van der Waals surface area (Å²) in [6.45, 7) is 1.65. The molecule has 130 valence electrons. The van der Waals surface area contributed by atoms with Crippen LogP contribution in [0.25, 0.3) is 0 Å². The first-order chi connectivity index (χ1) is 11.4. The fraction of sp³-hybridized carbons (Fsp3) is 0.333. The molecule has 0 saturated carbocycles. The summed E-state index contributed by atoms with van der Waals surface area (Å²) in [6.07, 6.45) is -0.125. The number of methoxy groups -OCH3 is 1. The number of ether oxygens (including phenoxy) is 2. The van der Waals surface area contributed by atoms with Gasteiger partial charge in [-0.25, -0.2) is 0 Å². The number of amides is 2. The Morgan fingerprint density at radius 2 is 1.79 bits per heavy atom. The summed E-state index contributed by atoms with van der Waals surface area (Å²) in [5.41, 5.74) is 5.57. The Balaban J connectivity index is 2.24. The van der Waals surface area contributed by atoms with Crippen molar-refractivity contribution in [1.82, 2.24) is 16.2 Å². The Bertz CT molecular complexity index is 621. The van der Waals surface area contributed by atoms with Crippen molar-refractivity contribution in [2.45, 2.75) is 19.8 Å². The number of thiocarbonyl (C=S) groups is 1. The summed E-state index contributed by atoms with van der Waals surface area (Å²) in [5.74, 6) is -0.829. The van der Waals surface area contributed by atoms with E-state index in [1.54, 1.807) is 12.1 Å². The van der Waals surface area contributed by atoms with Crippen LogP contribution in [0.3, 0.4) is 0 Å². The van der Waals surface area contributed by atoms with Gasteiger partial charge < -0.3 is 14.8 Å². The van der Waals surface area contributed by atoms with E-state index in [2.05, 4.69) is 20.9 Å². The van der Waals surface area contributed by atoms with Crippen molar-refractivity contribution in [2.24, 2.45) is 0 Å². The van der Waals surface area contributed by atoms with Gasteiger partial charge in [0.1, 0.15) is 5.75 Å². The van der Waals surface area contributed by atoms with Crippen molar-refractivity contribution in [2.75, 3.05) is 13.7 Å². The summed E-state index contributed by atoms with van der Waals surface area (Å²) in [7, 11) is 1.24. The standard InChI is InChI=1S/C15H19N3O5S/c1-10-5-3-4-6-11(10)23-9-13(20)17-18-15(24)16-12(19)7-8-14(21)22-2/h3-6H,7-9H2,1-2H3,(H,17,20)(H2,16,18,19,24). The summed E-state index contributed by atoms with van der Waals surface area (Å²) in [5, 5.41) is 2.23. The minimum absolute atomic E-state index is 0.0540. The number of benzene rings is 1. The van der Waals surface area contributed by atoms with Crippen LogP contribution in [0, 0.1) is 6.92 Å². The van der Waals surface area contributed by atoms with Gasteiger partial charge in [-0.1, -0.05) is 18.2 Å². The van der Waals surface area contributed by atoms with Crippen molar-refractivity contribution in [3.8, 4) is 5.75 Å². The van der Waals surface area contributed by atoms with Gasteiger partial charge in [0.15, 0.2) is 11.7 Å². The minimum atomic E-state index is -0.495. The fourth-order valence-electron chi connectivity index (χ4n) is 1.56. The third-order valence-corrected chi connectivity index (χ3v) is 3.01. The van der Waals surface area contributed by atoms with Crippen molar-refractivity contribution in [3.05, 3.63) is 29.8 Å². The lowest BCUT2D eigenvalue weighted by atomic mass is 10.2. The maximum Gasteiger partial charge on any atom is 0.306 e. The average molecular weight is 353 g/mol. The Labute approximate surface area is 144 Å². The van der Waals surface area contributed by atoms with Gasteiger partial charge in [-0.2, -0.15) is 0 Å². The maximum atomic E-state index is 11.6. The quantitative estimate of drug-likeness (QED) is 0.385. The molecule has 0 aliphatic carbocycles. The molecule has 0 atom stereocenters. The lowest BCUT2D eigenvalue weighted by Crippen LogP contribution is -2.49. The van der Waals surface area contributed by atoms with E-state index in [0.29, 0.717) is 5.75 Å². The molecule has 0 saturated heterocycles. The van der Waals surface area contributed by atoms with Crippen LogP contribution in [0.15, 0.2) is 24.3 Å². The molecule has 0 spiro atoms. The third-order valence-electron chi connectivity index (χ3n) is 2.80. The lowest BCUT2D eigenvalue weighted by molar-refractivity contribution is -0.142. The van der Waals surface area contributed by atoms with E-state index < -0.39 is 17.8 Å². The number of para-hydroxylation sites is 1. The largest absolute Gasteiger partial charge is 0.483 e. The number of carbonyl (C=O) groups is 3. The monoisotopic (exact) mass is 353 g/mol. The van der Waals surface area contributed by atoms with Crippen LogP contribution in [0.1, 0.15) is 18.4 Å². The smallest absolute Gasteiger partial charge is 0.306 e. The predicted molar refractivity (Wildman–Crippen MR) is 89.9 cm³/mol. The maximum absolute atomic E-state index is 11.6. The van der Waals surface area contributed by atoms with E-state index in [-0.39, 0.29) is 24.6 Å². The zero-order valence-corrected chi connectivity index (χ0v) is 14.2. The zero-order valence-electron chi connectivity index (χ0n) is 13.4. The van der Waals surface area contributed by atoms with Crippen molar-refractivity contribution < 1.29 is 23.9 Å². The molecule has 0 bridgehead atoms. The molecule has 9 heteroatoms. The van der Waals surface area contributed by atoms with E-state index in [9.17, 15) is 14.4 Å². The number of hydrogen-bond acceptors (Lipinski definition) is 6. The van der Waals surface area contributed by atoms with Gasteiger partial charge >= 0.3 is 5.97 Å². The summed E-state index contributed by atoms with van der Waals surface area (Å²) in [4.78, 5) is 34.0. The number of aryl methyl sites for hydroxylation is 1. The van der Waals surface area contributed by atoms with Crippen LogP contribution in [0.4, 0.5) is 0 Å². The second kappa shape index (κ2) is 10.2. The Hall–Kier alpha value is -2.68. The molecular weight excluding hydrogens is 334 g/mol. The normalized spacial score (nSPS) is 9.58. The Kier molecular flexibility index (Phi) is 8.20. The molecule has 0 aliphatic rings. The molecule has 0 aromatic heterocycles. The van der Waals surface area contributed by atoms with Crippen molar-refractivity contribution in [3.63, 3.8) is 0 Å². The molecule has 1 aromatic carbocycles. The van der Waals surface area contributed by atoms with Crippen molar-refractivity contribution in [1.29, 1.82) is 0 Å². The molecule has 0 unspecified atom stereocenters. The number of nitrogens with one attached hydrogen (secondary N) is 3. The number of rotatable bonds is 6. The first-order valence-electron chi connectivity index (χ1n) is 7.06. The Morgan fingerprint density at radius 1 is 1.08 bits per heavy atom. The molecule has 2 amide bonds. The topological polar surface area (TPSA) is 106 Å². The number of carbonyl (C=O) groups excluding carboxylic acids is 3. The molecule has 3 N–H and O–H groups in total. The van der Waals surface area contributed by atoms with E-state index in [1.165, 1.54) is 7.11 Å². The predicted octanol–water partition coefficient (Wildman–Crippen LogP) is 0.349. The van der Waals surface area contributed by atoms with Crippen LogP contribution in [-0.2, 0) is 19.1 Å². The van der Waals surface area contributed by atoms with Gasteiger partial charge in [0.2, 0.25) is 5.91 Å². The van der Waals surface area contributed by atoms with Gasteiger partial charge in [0.25, 0.3) is 5.91 Å². The molecule has 8 nitrogen and oxygen atoms in total. The molecule has 1 rings (SSSR count). The molecule has 24 heavy (non-hydrogen) atoms. The Morgan fingerprint density at radius 3 is 2.46 bits per heavy atom. The third kappa shape index (κ3) is 7.54. The highest BCUT2D eigenvalue weighted by Gasteiger charge is 2.09. The van der Waals surface area contributed by atoms with Crippen LogP contribution >= 0.6 is 12.2 Å². The second-order valence-electron chi connectivity index (χ2n) is 4.68. The van der Waals surface area contributed by atoms with Crippen molar-refractivity contribution >= 4 is 35.1 Å². The lowest BCUT2D eigenvalue weighted by Gasteiger charge is -2.12. The SMILES string of the molecule is COC(=O)CCC(=O)NC(=S)NNC(=O)COc1ccccc1C. The highest BCUT2D eigenvalue weighted by atomic mass is 32.1. The highest BCUT2D eigenvalue weighted by Crippen LogP contribution is 2.15. The summed E-state index contributed by atoms with van der Waals surface area (Å²) >= 11 is 4.84. The van der Waals surface area contributed by atoms with Gasteiger partial charge in [0, 0.05) is 6.42 Å². The average Bonchev–Trinajstić information content (AvgIpc) is 2.57. The van der Waals surface area contributed by atoms with Gasteiger partial charge in [0.05, 0.1) is 13.5 Å². The molecule has 1 aromatic rings. The molecule has 0 aliphatic heterocycles. The van der Waals surface area contributed by atoms with Crippen LogP contribution in [0.5, 0.6) is 5.75 Å². The number of hydrazine groups is 1. The highest BCUT2D eigenvalue weighted by molar-refractivity contribution is 7.80. The van der Waals surface area contributed by atoms with E-state index in [1.807, 2.05) is 19.1 Å². The van der Waals surface area contributed by atoms with Crippen LogP contribution in [0.2, 0.25) is 0 Å². The zero-order chi connectivity index (χ0) is 17.9. The molecular formula is C15H19N3O5S. The van der Waals surface area contributed by atoms with Crippen LogP contribution in [-0.4, -0.2) is 36.6 Å². The number of hydrogen-bond donors (Lipinski definition) is 3. The van der Waals surface area contributed by atoms with Gasteiger partial charge in [-0.3, -0.25) is 25.2 Å². The fourth-order valence-corrected chi connectivity index (χ4v) is 1.73. The van der Waals surface area contributed by atoms with E-state index >= 15 is 0 Å². The first kappa shape index (κ1) is 19.4. The van der Waals surface area contributed by atoms with Gasteiger partial charge in [-0.15, -0.1) is 0 Å². The summed E-state index contributed by atoms with van der Waals surface area (Å²) < 4.78 is 9.77. The van der Waals surface area contributed by atoms with E-state index in [4.69, 9.17) is 17.0 Å². The minimum Gasteiger partial charge on any atom is -0.483 e. The molecule has 0 heterocycles. The van der Waals surface area contributed by atoms with E-state index in [0.717, 1.165) is 5.56 Å². The first-order valence-corrected chi connectivity index (χ1v) is 7.47. The second-order valence-corrected chi connectivity index (χ2v) is 5.09. The summed E-state index contributed by atoms with van der Waals surface area (Å²) in [6, 6.07) is 7.29.